The van der Waals surface area contributed by atoms with Gasteiger partial charge in [-0.25, -0.2) is 0 Å². The van der Waals surface area contributed by atoms with Crippen molar-refractivity contribution >= 4 is 17.0 Å². The molecule has 2 fully saturated rings. The van der Waals surface area contributed by atoms with Crippen LogP contribution < -0.4 is 0 Å². The minimum atomic E-state index is -0.313. The summed E-state index contributed by atoms with van der Waals surface area (Å²) in [5.74, 6) is 1.22. The number of rotatable bonds is 4. The number of H-pyrrole nitrogens is 1. The molecule has 172 valence electrons. The van der Waals surface area contributed by atoms with Crippen LogP contribution in [-0.2, 0) is 12.0 Å². The molecule has 6 rings (SSSR count). The molecule has 3 heterocycles. The van der Waals surface area contributed by atoms with E-state index in [0.717, 1.165) is 32.4 Å². The van der Waals surface area contributed by atoms with Gasteiger partial charge in [0.2, 0.25) is 0 Å². The van der Waals surface area contributed by atoms with E-state index in [0.29, 0.717) is 11.8 Å². The van der Waals surface area contributed by atoms with Crippen LogP contribution >= 0.6 is 0 Å². The Labute approximate surface area is 197 Å². The molecule has 0 spiro atoms. The number of para-hydroxylation sites is 1. The van der Waals surface area contributed by atoms with E-state index in [4.69, 9.17) is 0 Å². The maximum atomic E-state index is 11.1. The lowest BCUT2D eigenvalue weighted by molar-refractivity contribution is -0.0555. The second-order valence-corrected chi connectivity index (χ2v) is 10.7. The molecule has 2 aliphatic heterocycles. The maximum Gasteiger partial charge on any atom is 0.0756 e. The van der Waals surface area contributed by atoms with E-state index in [1.807, 2.05) is 0 Å². The van der Waals surface area contributed by atoms with Crippen molar-refractivity contribution in [3.8, 4) is 0 Å². The van der Waals surface area contributed by atoms with Gasteiger partial charge >= 0.3 is 0 Å². The molecule has 33 heavy (non-hydrogen) atoms. The number of aromatic nitrogens is 1. The third-order valence-corrected chi connectivity index (χ3v) is 8.78. The van der Waals surface area contributed by atoms with Crippen LogP contribution in [0.3, 0.4) is 0 Å². The molecule has 1 saturated heterocycles. The third-order valence-electron chi connectivity index (χ3n) is 8.78. The zero-order valence-electron chi connectivity index (χ0n) is 19.8. The zero-order chi connectivity index (χ0) is 22.4. The Morgan fingerprint density at radius 2 is 1.91 bits per heavy atom. The largest absolute Gasteiger partial charge is 0.389 e. The van der Waals surface area contributed by atoms with Crippen molar-refractivity contribution in [2.75, 3.05) is 13.1 Å². The monoisotopic (exact) mass is 440 g/mol. The molecular formula is C30H36N2O. The predicted octanol–water partition coefficient (Wildman–Crippen LogP) is 6.29. The van der Waals surface area contributed by atoms with Crippen molar-refractivity contribution in [2.45, 2.75) is 63.5 Å². The average Bonchev–Trinajstić information content (AvgIpc) is 3.23. The standard InChI is InChI=1S/C30H36N2O/c1-2-3-14-30-19-23-18-28(33)22(16-21-9-5-4-6-10-21)17-24(23)20-32(30)15-13-26-25-11-7-8-12-27(25)31-29(26)30/h4-12,16,23-24,28,31,33H,2-3,13-15,17-20H2,1H3/t23?,24?,28-,30-/m0/s1. The Morgan fingerprint density at radius 1 is 1.09 bits per heavy atom. The minimum absolute atomic E-state index is 0.101. The van der Waals surface area contributed by atoms with Crippen molar-refractivity contribution in [1.29, 1.82) is 0 Å². The van der Waals surface area contributed by atoms with Gasteiger partial charge in [-0.15, -0.1) is 0 Å². The van der Waals surface area contributed by atoms with E-state index in [-0.39, 0.29) is 11.6 Å². The molecule has 2 unspecified atom stereocenters. The van der Waals surface area contributed by atoms with E-state index < -0.39 is 0 Å². The van der Waals surface area contributed by atoms with Crippen LogP contribution in [0.4, 0.5) is 0 Å². The van der Waals surface area contributed by atoms with E-state index >= 15 is 0 Å². The van der Waals surface area contributed by atoms with Gasteiger partial charge in [-0.1, -0.05) is 74.4 Å². The van der Waals surface area contributed by atoms with Crippen LogP contribution in [0.25, 0.3) is 17.0 Å². The number of hydrogen-bond acceptors (Lipinski definition) is 2. The summed E-state index contributed by atoms with van der Waals surface area (Å²) in [6.07, 6.45) is 9.87. The summed E-state index contributed by atoms with van der Waals surface area (Å²) >= 11 is 0. The number of aromatic amines is 1. The number of benzene rings is 2. The zero-order valence-corrected chi connectivity index (χ0v) is 19.8. The molecule has 2 N–H and O–H groups in total. The van der Waals surface area contributed by atoms with Crippen molar-refractivity contribution in [2.24, 2.45) is 11.8 Å². The Bertz CT molecular complexity index is 1160. The first-order chi connectivity index (χ1) is 16.2. The van der Waals surface area contributed by atoms with Crippen LogP contribution in [0.1, 0.15) is 62.3 Å². The van der Waals surface area contributed by atoms with Crippen molar-refractivity contribution in [1.82, 2.24) is 9.88 Å². The van der Waals surface area contributed by atoms with Gasteiger partial charge in [0.1, 0.15) is 0 Å². The van der Waals surface area contributed by atoms with Gasteiger partial charge < -0.3 is 10.1 Å². The van der Waals surface area contributed by atoms with E-state index in [9.17, 15) is 5.11 Å². The highest BCUT2D eigenvalue weighted by atomic mass is 16.3. The first-order valence-corrected chi connectivity index (χ1v) is 13.0. The summed E-state index contributed by atoms with van der Waals surface area (Å²) in [4.78, 5) is 6.73. The van der Waals surface area contributed by atoms with Crippen molar-refractivity contribution in [3.63, 3.8) is 0 Å². The second-order valence-electron chi connectivity index (χ2n) is 10.7. The number of fused-ring (bicyclic) bond motifs is 6. The fraction of sp³-hybridized carbons (Fsp3) is 0.467. The highest BCUT2D eigenvalue weighted by molar-refractivity contribution is 5.85. The Hall–Kier alpha value is -2.36. The normalized spacial score (nSPS) is 30.7. The van der Waals surface area contributed by atoms with Crippen LogP contribution in [0, 0.1) is 11.8 Å². The Balaban J connectivity index is 1.35. The second kappa shape index (κ2) is 8.45. The van der Waals surface area contributed by atoms with Gasteiger partial charge in [0.15, 0.2) is 0 Å². The van der Waals surface area contributed by atoms with Gasteiger partial charge in [0.05, 0.1) is 11.6 Å². The molecular weight excluding hydrogens is 404 g/mol. The predicted molar refractivity (Wildman–Crippen MR) is 136 cm³/mol. The summed E-state index contributed by atoms with van der Waals surface area (Å²) in [5, 5.41) is 12.6. The van der Waals surface area contributed by atoms with Gasteiger partial charge in [0.25, 0.3) is 0 Å². The summed E-state index contributed by atoms with van der Waals surface area (Å²) in [6, 6.07) is 19.4. The highest BCUT2D eigenvalue weighted by Crippen LogP contribution is 2.53. The lowest BCUT2D eigenvalue weighted by Crippen LogP contribution is -2.59. The molecule has 3 heteroatoms. The Kier molecular flexibility index (Phi) is 5.43. The summed E-state index contributed by atoms with van der Waals surface area (Å²) in [5.41, 5.74) is 6.87. The minimum Gasteiger partial charge on any atom is -0.389 e. The van der Waals surface area contributed by atoms with Crippen LogP contribution in [0.2, 0.25) is 0 Å². The van der Waals surface area contributed by atoms with E-state index in [1.54, 1.807) is 5.56 Å². The SMILES string of the molecule is CCCC[C@@]12CC3C[C@H](O)C(=Cc4ccccc4)CC3CN1CCc1c2[nH]c2ccccc12. The molecule has 1 aliphatic carbocycles. The molecule has 4 atom stereocenters. The Morgan fingerprint density at radius 3 is 2.76 bits per heavy atom. The molecule has 1 saturated carbocycles. The fourth-order valence-electron chi connectivity index (χ4n) is 7.16. The van der Waals surface area contributed by atoms with Gasteiger partial charge in [0, 0.05) is 29.7 Å². The van der Waals surface area contributed by atoms with Crippen LogP contribution in [-0.4, -0.2) is 34.2 Å². The fourth-order valence-corrected chi connectivity index (χ4v) is 7.16. The van der Waals surface area contributed by atoms with Crippen LogP contribution in [0.5, 0.6) is 0 Å². The number of aliphatic hydroxyl groups is 1. The number of unbranched alkanes of at least 4 members (excludes halogenated alkanes) is 1. The number of hydrogen-bond donors (Lipinski definition) is 2. The molecule has 0 radical (unpaired) electrons. The first-order valence-electron chi connectivity index (χ1n) is 13.0. The summed E-state index contributed by atoms with van der Waals surface area (Å²) < 4.78 is 0. The third kappa shape index (κ3) is 3.57. The lowest BCUT2D eigenvalue weighted by atomic mass is 9.63. The van der Waals surface area contributed by atoms with Gasteiger partial charge in [-0.3, -0.25) is 4.90 Å². The number of aliphatic hydroxyl groups excluding tert-OH is 1. The van der Waals surface area contributed by atoms with Crippen LogP contribution in [0.15, 0.2) is 60.2 Å². The first kappa shape index (κ1) is 21.2. The lowest BCUT2D eigenvalue weighted by Gasteiger charge is -2.56. The molecule has 3 aromatic rings. The molecule has 3 nitrogen and oxygen atoms in total. The summed E-state index contributed by atoms with van der Waals surface area (Å²) in [6.45, 7) is 4.62. The quantitative estimate of drug-likeness (QED) is 0.501. The molecule has 2 aromatic carbocycles. The molecule has 0 amide bonds. The average molecular weight is 441 g/mol. The van der Waals surface area contributed by atoms with Gasteiger partial charge in [-0.05, 0) is 66.7 Å². The number of nitrogens with one attached hydrogen (secondary N) is 1. The number of piperidine rings is 1. The molecule has 0 bridgehead atoms. The highest BCUT2D eigenvalue weighted by Gasteiger charge is 2.52. The summed E-state index contributed by atoms with van der Waals surface area (Å²) in [7, 11) is 0. The van der Waals surface area contributed by atoms with E-state index in [2.05, 4.69) is 77.5 Å². The topological polar surface area (TPSA) is 39.3 Å². The number of nitrogens with zero attached hydrogens (tertiary/aromatic N) is 1. The van der Waals surface area contributed by atoms with E-state index in [1.165, 1.54) is 53.4 Å². The van der Waals surface area contributed by atoms with Crippen molar-refractivity contribution in [3.05, 3.63) is 77.0 Å². The molecule has 3 aliphatic rings. The maximum absolute atomic E-state index is 11.1. The molecule has 1 aromatic heterocycles. The van der Waals surface area contributed by atoms with Gasteiger partial charge in [-0.2, -0.15) is 0 Å². The smallest absolute Gasteiger partial charge is 0.0756 e. The van der Waals surface area contributed by atoms with Crippen molar-refractivity contribution < 1.29 is 5.11 Å².